The van der Waals surface area contributed by atoms with E-state index in [-0.39, 0.29) is 17.5 Å². The van der Waals surface area contributed by atoms with Gasteiger partial charge in [-0.1, -0.05) is 39.0 Å². The molecule has 0 spiro atoms. The number of rotatable bonds is 5. The van der Waals surface area contributed by atoms with Crippen molar-refractivity contribution in [3.8, 4) is 0 Å². The Bertz CT molecular complexity index is 1320. The topological polar surface area (TPSA) is 136 Å². The molecular formula is C22H30BrN6O5PSi. The maximum Gasteiger partial charge on any atom is 0.433 e. The highest BCUT2D eigenvalue weighted by Crippen LogP contribution is 2.57. The second-order valence-electron chi connectivity index (χ2n) is 10.4. The Labute approximate surface area is 218 Å². The first-order valence-corrected chi connectivity index (χ1v) is 16.9. The van der Waals surface area contributed by atoms with Crippen LogP contribution in [0.4, 0.5) is 11.5 Å². The molecule has 0 amide bonds. The average molecular weight is 597 g/mol. The molecule has 11 nitrogen and oxygen atoms in total. The van der Waals surface area contributed by atoms with Crippen LogP contribution in [0.1, 0.15) is 27.0 Å². The Morgan fingerprint density at radius 2 is 1.97 bits per heavy atom. The van der Waals surface area contributed by atoms with E-state index in [2.05, 4.69) is 69.8 Å². The molecule has 14 heteroatoms. The summed E-state index contributed by atoms with van der Waals surface area (Å²) in [5, 5.41) is 2.84. The standard InChI is InChI=1S/C22H30BrN6O5PSi/c1-22(2,3)36(4,5)34-17-16-14(11-31-35(30,33-16)28-13-9-7-6-8-10-13)32-20(17)29-19-15(27-21(29)23)18(24)25-12-26-19/h6-10,12,14,16-17,20H,11H2,1-5H3,(H,28,30)(H2,24,25,26)/t14?,16?,17-,20?,35?/m0/s1. The molecule has 4 heterocycles. The van der Waals surface area contributed by atoms with E-state index in [9.17, 15) is 4.57 Å². The van der Waals surface area contributed by atoms with E-state index >= 15 is 0 Å². The molecule has 2 aromatic heterocycles. The number of nitrogen functional groups attached to an aromatic ring is 1. The smallest absolute Gasteiger partial charge is 0.407 e. The van der Waals surface area contributed by atoms with Gasteiger partial charge < -0.3 is 14.9 Å². The summed E-state index contributed by atoms with van der Waals surface area (Å²) in [6.45, 7) is 10.8. The zero-order chi connectivity index (χ0) is 25.9. The van der Waals surface area contributed by atoms with E-state index in [0.29, 0.717) is 21.6 Å². The molecule has 4 unspecified atom stereocenters. The summed E-state index contributed by atoms with van der Waals surface area (Å²) in [6.07, 6.45) is -1.10. The van der Waals surface area contributed by atoms with Crippen LogP contribution in [0.3, 0.4) is 0 Å². The molecule has 0 bridgehead atoms. The molecule has 3 N–H and O–H groups in total. The lowest BCUT2D eigenvalue weighted by atomic mass is 10.1. The Kier molecular flexibility index (Phi) is 6.55. The number of fused-ring (bicyclic) bond motifs is 2. The lowest BCUT2D eigenvalue weighted by molar-refractivity contribution is -0.0582. The number of hydrogen-bond donors (Lipinski definition) is 2. The van der Waals surface area contributed by atoms with Gasteiger partial charge in [-0.3, -0.25) is 18.7 Å². The van der Waals surface area contributed by atoms with Gasteiger partial charge >= 0.3 is 7.75 Å². The Morgan fingerprint density at radius 3 is 2.67 bits per heavy atom. The molecule has 2 aliphatic heterocycles. The van der Waals surface area contributed by atoms with Crippen LogP contribution < -0.4 is 10.8 Å². The third kappa shape index (κ3) is 4.62. The van der Waals surface area contributed by atoms with Gasteiger partial charge in [-0.25, -0.2) is 19.5 Å². The molecule has 2 saturated heterocycles. The van der Waals surface area contributed by atoms with Gasteiger partial charge in [0, 0.05) is 5.69 Å². The number of ether oxygens (including phenoxy) is 1. The molecule has 194 valence electrons. The van der Waals surface area contributed by atoms with Crippen molar-refractivity contribution in [2.75, 3.05) is 17.4 Å². The quantitative estimate of drug-likeness (QED) is 0.233. The summed E-state index contributed by atoms with van der Waals surface area (Å²) in [5.41, 5.74) is 7.63. The maximum absolute atomic E-state index is 13.6. The molecule has 36 heavy (non-hydrogen) atoms. The summed E-state index contributed by atoms with van der Waals surface area (Å²) in [5.74, 6) is 0.257. The van der Waals surface area contributed by atoms with E-state index in [4.69, 9.17) is 23.9 Å². The minimum Gasteiger partial charge on any atom is -0.407 e. The molecule has 0 saturated carbocycles. The van der Waals surface area contributed by atoms with Gasteiger partial charge in [0.15, 0.2) is 36.3 Å². The first-order valence-electron chi connectivity index (χ1n) is 11.6. The summed E-state index contributed by atoms with van der Waals surface area (Å²) < 4.78 is 41.1. The van der Waals surface area contributed by atoms with Gasteiger partial charge in [-0.15, -0.1) is 0 Å². The lowest BCUT2D eigenvalue weighted by Crippen LogP contribution is -2.50. The van der Waals surface area contributed by atoms with Crippen LogP contribution >= 0.6 is 23.7 Å². The number of para-hydroxylation sites is 1. The van der Waals surface area contributed by atoms with Gasteiger partial charge in [-0.2, -0.15) is 0 Å². The average Bonchev–Trinajstić information content (AvgIpc) is 3.30. The van der Waals surface area contributed by atoms with E-state index < -0.39 is 40.6 Å². The number of aromatic nitrogens is 4. The fourth-order valence-electron chi connectivity index (χ4n) is 4.04. The zero-order valence-corrected chi connectivity index (χ0v) is 24.2. The van der Waals surface area contributed by atoms with Crippen LogP contribution in [0.2, 0.25) is 18.1 Å². The van der Waals surface area contributed by atoms with Gasteiger partial charge in [0.05, 0.1) is 6.61 Å². The highest BCUT2D eigenvalue weighted by molar-refractivity contribution is 9.10. The van der Waals surface area contributed by atoms with Crippen molar-refractivity contribution < 1.29 is 22.8 Å². The number of nitrogens with zero attached hydrogens (tertiary/aromatic N) is 4. The molecule has 0 aliphatic carbocycles. The highest BCUT2D eigenvalue weighted by Gasteiger charge is 2.57. The Hall–Kier alpha value is -1.86. The van der Waals surface area contributed by atoms with E-state index in [1.165, 1.54) is 6.33 Å². The molecule has 1 aromatic carbocycles. The van der Waals surface area contributed by atoms with Gasteiger partial charge in [0.25, 0.3) is 0 Å². The summed E-state index contributed by atoms with van der Waals surface area (Å²) in [7, 11) is -6.03. The predicted molar refractivity (Wildman–Crippen MR) is 142 cm³/mol. The third-order valence-electron chi connectivity index (χ3n) is 6.95. The molecule has 0 radical (unpaired) electrons. The van der Waals surface area contributed by atoms with Crippen LogP contribution in [0.15, 0.2) is 41.4 Å². The number of halogens is 1. The van der Waals surface area contributed by atoms with Gasteiger partial charge in [0.2, 0.25) is 0 Å². The van der Waals surface area contributed by atoms with Crippen molar-refractivity contribution in [3.63, 3.8) is 0 Å². The van der Waals surface area contributed by atoms with Crippen molar-refractivity contribution in [1.29, 1.82) is 0 Å². The van der Waals surface area contributed by atoms with E-state index in [1.807, 2.05) is 18.2 Å². The molecule has 5 rings (SSSR count). The van der Waals surface area contributed by atoms with Crippen molar-refractivity contribution in [2.24, 2.45) is 0 Å². The first-order chi connectivity index (χ1) is 16.9. The molecule has 3 aromatic rings. The SMILES string of the molecule is CC(C)(C)[Si](C)(C)O[C@H]1C2OP(=O)(Nc3ccccc3)OCC2OC1n1c(Br)nc2c(N)ncnc21. The monoisotopic (exact) mass is 596 g/mol. The predicted octanol–water partition coefficient (Wildman–Crippen LogP) is 5.09. The second-order valence-corrected chi connectivity index (χ2v) is 17.6. The molecule has 5 atom stereocenters. The van der Waals surface area contributed by atoms with Crippen LogP contribution in [0, 0.1) is 0 Å². The van der Waals surface area contributed by atoms with Crippen molar-refractivity contribution >= 4 is 54.7 Å². The van der Waals surface area contributed by atoms with Gasteiger partial charge in [-0.05, 0) is 46.2 Å². The van der Waals surface area contributed by atoms with Crippen LogP contribution in [0.5, 0.6) is 0 Å². The number of anilines is 2. The summed E-state index contributed by atoms with van der Waals surface area (Å²) in [4.78, 5) is 13.0. The third-order valence-corrected chi connectivity index (χ3v) is 13.5. The maximum atomic E-state index is 13.6. The Balaban J connectivity index is 1.54. The fourth-order valence-corrected chi connectivity index (χ4v) is 7.43. The number of nitrogens with one attached hydrogen (secondary N) is 1. The number of imidazole rings is 1. The second kappa shape index (κ2) is 9.16. The minimum atomic E-state index is -3.70. The molecule has 2 aliphatic rings. The van der Waals surface area contributed by atoms with E-state index in [1.54, 1.807) is 16.7 Å². The van der Waals surface area contributed by atoms with E-state index in [0.717, 1.165) is 0 Å². The Morgan fingerprint density at radius 1 is 1.25 bits per heavy atom. The van der Waals surface area contributed by atoms with Crippen molar-refractivity contribution in [2.45, 2.75) is 63.4 Å². The van der Waals surface area contributed by atoms with Crippen LogP contribution in [-0.2, 0) is 22.8 Å². The largest absolute Gasteiger partial charge is 0.433 e. The first kappa shape index (κ1) is 25.8. The number of nitrogens with two attached hydrogens (primary N) is 1. The number of hydrogen-bond acceptors (Lipinski definition) is 9. The zero-order valence-electron chi connectivity index (χ0n) is 20.7. The van der Waals surface area contributed by atoms with Crippen molar-refractivity contribution in [1.82, 2.24) is 19.5 Å². The molecule has 2 fully saturated rings. The normalized spacial score (nSPS) is 28.8. The van der Waals surface area contributed by atoms with Gasteiger partial charge in [0.1, 0.15) is 24.6 Å². The summed E-state index contributed by atoms with van der Waals surface area (Å²) in [6, 6.07) is 9.16. The van der Waals surface area contributed by atoms with Crippen LogP contribution in [-0.4, -0.2) is 52.8 Å². The molecular weight excluding hydrogens is 567 g/mol. The highest BCUT2D eigenvalue weighted by atomic mass is 79.9. The minimum absolute atomic E-state index is 0.0665. The summed E-state index contributed by atoms with van der Waals surface area (Å²) >= 11 is 3.53. The number of benzene rings is 1. The van der Waals surface area contributed by atoms with Crippen LogP contribution in [0.25, 0.3) is 11.2 Å². The van der Waals surface area contributed by atoms with Crippen molar-refractivity contribution in [3.05, 3.63) is 41.4 Å². The fraction of sp³-hybridized carbons (Fsp3) is 0.500. The lowest BCUT2D eigenvalue weighted by Gasteiger charge is -2.41.